The molecule has 3 nitrogen and oxygen atoms in total. The molecule has 0 radical (unpaired) electrons. The Morgan fingerprint density at radius 3 is 2.44 bits per heavy atom. The lowest BCUT2D eigenvalue weighted by molar-refractivity contribution is -0.118. The van der Waals surface area contributed by atoms with Gasteiger partial charge in [0, 0.05) is 40.8 Å². The summed E-state index contributed by atoms with van der Waals surface area (Å²) in [5.74, 6) is 1.72. The smallest absolute Gasteiger partial charge is 0.163 e. The Balaban J connectivity index is 1.69. The van der Waals surface area contributed by atoms with E-state index in [4.69, 9.17) is 4.74 Å². The van der Waals surface area contributed by atoms with Gasteiger partial charge in [-0.1, -0.05) is 80.6 Å². The summed E-state index contributed by atoms with van der Waals surface area (Å²) < 4.78 is 6.38. The van der Waals surface area contributed by atoms with Gasteiger partial charge in [0.05, 0.1) is 5.69 Å². The summed E-state index contributed by atoms with van der Waals surface area (Å²) in [6.45, 7) is 4.29. The summed E-state index contributed by atoms with van der Waals surface area (Å²) in [5.41, 5.74) is 6.20. The van der Waals surface area contributed by atoms with Gasteiger partial charge in [0.15, 0.2) is 5.78 Å². The van der Waals surface area contributed by atoms with Gasteiger partial charge in [-0.2, -0.15) is 0 Å². The summed E-state index contributed by atoms with van der Waals surface area (Å²) in [4.78, 5) is 17.3. The van der Waals surface area contributed by atoms with Crippen LogP contribution < -0.4 is 4.74 Å². The van der Waals surface area contributed by atoms with Crippen LogP contribution in [0.1, 0.15) is 43.7 Å². The lowest BCUT2D eigenvalue weighted by Crippen LogP contribution is -2.33. The molecule has 0 saturated heterocycles. The molecule has 3 aromatic carbocycles. The summed E-state index contributed by atoms with van der Waals surface area (Å²) in [6, 6.07) is 26.9. The Morgan fingerprint density at radius 1 is 0.875 bits per heavy atom. The number of Topliss-reactive ketones (excluding diaryl/α,β-unsaturated/α-hetero) is 1. The first kappa shape index (κ1) is 19.1. The van der Waals surface area contributed by atoms with E-state index in [1.807, 2.05) is 30.3 Å². The predicted molar refractivity (Wildman–Crippen MR) is 128 cm³/mol. The van der Waals surface area contributed by atoms with E-state index in [0.29, 0.717) is 6.42 Å². The van der Waals surface area contributed by atoms with E-state index in [2.05, 4.69) is 67.4 Å². The molecule has 1 unspecified atom stereocenters. The monoisotopic (exact) mass is 419 g/mol. The molecule has 1 N–H and O–H groups in total. The fraction of sp³-hybridized carbons (Fsp3) is 0.207. The lowest BCUT2D eigenvalue weighted by atomic mass is 9.69. The van der Waals surface area contributed by atoms with Crippen LogP contribution in [-0.4, -0.2) is 10.8 Å². The molecule has 3 heteroatoms. The fourth-order valence-electron chi connectivity index (χ4n) is 5.39. The number of ether oxygens (including phenoxy) is 1. The van der Waals surface area contributed by atoms with E-state index < -0.39 is 0 Å². The number of fused-ring (bicyclic) bond motifs is 2. The SMILES string of the molecule is CC1(C)CC(=O)C2=C(C1)Oc1ccccc1C2c1c(-c2ccccc2)[nH]c2ccccc12. The Hall–Kier alpha value is -3.59. The topological polar surface area (TPSA) is 42.1 Å². The second kappa shape index (κ2) is 6.96. The number of ketones is 1. The first-order valence-electron chi connectivity index (χ1n) is 11.2. The number of hydrogen-bond acceptors (Lipinski definition) is 2. The molecule has 2 heterocycles. The molecule has 6 rings (SSSR count). The van der Waals surface area contributed by atoms with Crippen molar-refractivity contribution in [3.8, 4) is 17.0 Å². The van der Waals surface area contributed by atoms with Crippen LogP contribution in [0.2, 0.25) is 0 Å². The molecular formula is C29H25NO2. The van der Waals surface area contributed by atoms with Gasteiger partial charge in [-0.15, -0.1) is 0 Å². The van der Waals surface area contributed by atoms with Gasteiger partial charge in [0.2, 0.25) is 0 Å². The van der Waals surface area contributed by atoms with E-state index in [1.165, 1.54) is 0 Å². The van der Waals surface area contributed by atoms with Crippen molar-refractivity contribution in [2.24, 2.45) is 5.41 Å². The van der Waals surface area contributed by atoms with Crippen LogP contribution in [0.15, 0.2) is 90.2 Å². The van der Waals surface area contributed by atoms with Crippen molar-refractivity contribution in [3.63, 3.8) is 0 Å². The summed E-state index contributed by atoms with van der Waals surface area (Å²) in [5, 5.41) is 1.15. The average Bonchev–Trinajstić information content (AvgIpc) is 3.17. The van der Waals surface area contributed by atoms with Crippen molar-refractivity contribution < 1.29 is 9.53 Å². The predicted octanol–water partition coefficient (Wildman–Crippen LogP) is 7.00. The largest absolute Gasteiger partial charge is 0.461 e. The van der Waals surface area contributed by atoms with E-state index in [-0.39, 0.29) is 17.1 Å². The molecular weight excluding hydrogens is 394 g/mol. The van der Waals surface area contributed by atoms with Crippen molar-refractivity contribution in [1.29, 1.82) is 0 Å². The Labute approximate surface area is 187 Å². The number of rotatable bonds is 2. The fourth-order valence-corrected chi connectivity index (χ4v) is 5.39. The third-order valence-corrected chi connectivity index (χ3v) is 6.73. The number of carbonyl (C=O) groups is 1. The van der Waals surface area contributed by atoms with Gasteiger partial charge < -0.3 is 9.72 Å². The minimum atomic E-state index is -0.162. The number of H-pyrrole nitrogens is 1. The molecule has 1 atom stereocenters. The Morgan fingerprint density at radius 2 is 1.59 bits per heavy atom. The van der Waals surface area contributed by atoms with E-state index in [9.17, 15) is 4.79 Å². The first-order valence-corrected chi connectivity index (χ1v) is 11.2. The molecule has 2 aliphatic rings. The van der Waals surface area contributed by atoms with E-state index >= 15 is 0 Å². The summed E-state index contributed by atoms with van der Waals surface area (Å²) in [6.07, 6.45) is 1.30. The number of aromatic amines is 1. The zero-order valence-electron chi connectivity index (χ0n) is 18.3. The van der Waals surface area contributed by atoms with Crippen molar-refractivity contribution in [3.05, 3.63) is 101 Å². The average molecular weight is 420 g/mol. The molecule has 32 heavy (non-hydrogen) atoms. The Kier molecular flexibility index (Phi) is 4.16. The van der Waals surface area contributed by atoms with E-state index in [1.54, 1.807) is 0 Å². The zero-order chi connectivity index (χ0) is 21.9. The third kappa shape index (κ3) is 2.92. The standard InChI is InChI=1S/C29H25NO2/c1-29(2)16-22(31)27-24(17-29)32-23-15-9-7-13-20(23)25(27)26-19-12-6-8-14-21(19)30-28(26)18-10-4-3-5-11-18/h3-15,25,30H,16-17H2,1-2H3. The normalized spacial score (nSPS) is 19.4. The highest BCUT2D eigenvalue weighted by molar-refractivity contribution is 6.03. The van der Waals surface area contributed by atoms with Gasteiger partial charge in [-0.25, -0.2) is 0 Å². The highest BCUT2D eigenvalue weighted by atomic mass is 16.5. The molecule has 4 aromatic rings. The maximum absolute atomic E-state index is 13.6. The minimum Gasteiger partial charge on any atom is -0.461 e. The van der Waals surface area contributed by atoms with Crippen molar-refractivity contribution >= 4 is 16.7 Å². The van der Waals surface area contributed by atoms with Crippen LogP contribution in [0, 0.1) is 5.41 Å². The number of benzene rings is 3. The lowest BCUT2D eigenvalue weighted by Gasteiger charge is -2.38. The highest BCUT2D eigenvalue weighted by Crippen LogP contribution is 2.52. The number of hydrogen-bond donors (Lipinski definition) is 1. The highest BCUT2D eigenvalue weighted by Gasteiger charge is 2.43. The summed E-state index contributed by atoms with van der Waals surface area (Å²) >= 11 is 0. The van der Waals surface area contributed by atoms with Crippen LogP contribution >= 0.6 is 0 Å². The maximum Gasteiger partial charge on any atom is 0.163 e. The van der Waals surface area contributed by atoms with Crippen LogP contribution in [0.3, 0.4) is 0 Å². The number of nitrogens with one attached hydrogen (secondary N) is 1. The molecule has 1 aliphatic carbocycles. The van der Waals surface area contributed by atoms with Crippen molar-refractivity contribution in [2.45, 2.75) is 32.6 Å². The number of carbonyl (C=O) groups excluding carboxylic acids is 1. The number of allylic oxidation sites excluding steroid dienone is 2. The van der Waals surface area contributed by atoms with Gasteiger partial charge in [0.25, 0.3) is 0 Å². The molecule has 1 aromatic heterocycles. The van der Waals surface area contributed by atoms with Crippen LogP contribution in [0.5, 0.6) is 5.75 Å². The maximum atomic E-state index is 13.6. The number of aromatic nitrogens is 1. The molecule has 0 bridgehead atoms. The summed E-state index contributed by atoms with van der Waals surface area (Å²) in [7, 11) is 0. The zero-order valence-corrected chi connectivity index (χ0v) is 18.3. The minimum absolute atomic E-state index is 0.102. The first-order chi connectivity index (χ1) is 15.5. The van der Waals surface area contributed by atoms with Gasteiger partial charge in [-0.05, 0) is 28.7 Å². The molecule has 0 spiro atoms. The van der Waals surface area contributed by atoms with E-state index in [0.717, 1.165) is 56.8 Å². The second-order valence-electron chi connectivity index (χ2n) is 9.68. The Bertz CT molecular complexity index is 1390. The van der Waals surface area contributed by atoms with Gasteiger partial charge >= 0.3 is 0 Å². The van der Waals surface area contributed by atoms with Crippen LogP contribution in [-0.2, 0) is 4.79 Å². The third-order valence-electron chi connectivity index (χ3n) is 6.73. The van der Waals surface area contributed by atoms with Crippen LogP contribution in [0.25, 0.3) is 22.2 Å². The van der Waals surface area contributed by atoms with Crippen molar-refractivity contribution in [2.75, 3.05) is 0 Å². The molecule has 0 amide bonds. The quantitative estimate of drug-likeness (QED) is 0.380. The molecule has 158 valence electrons. The van der Waals surface area contributed by atoms with Gasteiger partial charge in [0.1, 0.15) is 11.5 Å². The number of para-hydroxylation sites is 2. The van der Waals surface area contributed by atoms with Crippen molar-refractivity contribution in [1.82, 2.24) is 4.98 Å². The molecule has 1 aliphatic heterocycles. The van der Waals surface area contributed by atoms with Crippen LogP contribution in [0.4, 0.5) is 0 Å². The second-order valence-corrected chi connectivity index (χ2v) is 9.68. The van der Waals surface area contributed by atoms with Gasteiger partial charge in [-0.3, -0.25) is 4.79 Å². The molecule has 0 fully saturated rings. The molecule has 0 saturated carbocycles.